The molecule has 0 aromatic heterocycles. The maximum atomic E-state index is 12.4. The van der Waals surface area contributed by atoms with E-state index in [0.717, 1.165) is 44.0 Å². The molecule has 2 aromatic rings. The first-order valence-electron chi connectivity index (χ1n) is 10.7. The van der Waals surface area contributed by atoms with Gasteiger partial charge in [-0.3, -0.25) is 9.69 Å². The van der Waals surface area contributed by atoms with E-state index in [4.69, 9.17) is 4.74 Å². The van der Waals surface area contributed by atoms with Gasteiger partial charge >= 0.3 is 5.97 Å². The van der Waals surface area contributed by atoms with Gasteiger partial charge in [0.25, 0.3) is 5.91 Å². The van der Waals surface area contributed by atoms with Crippen LogP contribution in [0, 0.1) is 0 Å². The molecule has 2 aromatic carbocycles. The first kappa shape index (κ1) is 23.7. The Balaban J connectivity index is 1.56. The lowest BCUT2D eigenvalue weighted by Gasteiger charge is -2.26. The number of rotatable bonds is 8. The summed E-state index contributed by atoms with van der Waals surface area (Å²) in [7, 11) is 1.21. The van der Waals surface area contributed by atoms with E-state index in [9.17, 15) is 14.7 Å². The molecule has 1 heterocycles. The molecule has 1 aliphatic rings. The third-order valence-corrected chi connectivity index (χ3v) is 5.35. The van der Waals surface area contributed by atoms with Gasteiger partial charge in [0.05, 0.1) is 26.4 Å². The van der Waals surface area contributed by atoms with Gasteiger partial charge in [-0.1, -0.05) is 48.6 Å². The number of aliphatic hydroxyl groups excluding tert-OH is 1. The number of carbonyl (C=O) groups excluding carboxylic acids is 2. The third-order valence-electron chi connectivity index (χ3n) is 5.35. The van der Waals surface area contributed by atoms with Crippen LogP contribution in [-0.4, -0.2) is 67.4 Å². The molecule has 7 nitrogen and oxygen atoms in total. The number of carbonyl (C=O) groups is 2. The monoisotopic (exact) mass is 438 g/mol. The number of aliphatic hydroxyl groups is 1. The normalized spacial score (nSPS) is 16.5. The molecule has 0 saturated carbocycles. The van der Waals surface area contributed by atoms with Crippen molar-refractivity contribution in [3.8, 4) is 0 Å². The van der Waals surface area contributed by atoms with Crippen LogP contribution in [0.5, 0.6) is 0 Å². The number of ether oxygens (including phenoxy) is 2. The Morgan fingerprint density at radius 3 is 2.16 bits per heavy atom. The van der Waals surface area contributed by atoms with Crippen molar-refractivity contribution in [3.63, 3.8) is 0 Å². The number of hydrogen-bond acceptors (Lipinski definition) is 6. The standard InChI is InChI=1S/C25H30N2O5/c1-18(28)23(25(30)31-2)26-24(29)22-11-9-20(10-12-22)4-3-19-5-7-21(8-6-19)17-27-13-15-32-16-14-27/h3-12,18,23,28H,13-17H2,1-2H3,(H,26,29)/b4-3-/t18-,23+/m1/s1. The maximum absolute atomic E-state index is 12.4. The number of nitrogens with zero attached hydrogens (tertiary/aromatic N) is 1. The summed E-state index contributed by atoms with van der Waals surface area (Å²) in [4.78, 5) is 26.5. The van der Waals surface area contributed by atoms with Crippen molar-refractivity contribution in [2.24, 2.45) is 0 Å². The summed E-state index contributed by atoms with van der Waals surface area (Å²) in [6, 6.07) is 14.4. The van der Waals surface area contributed by atoms with Crippen LogP contribution in [0.15, 0.2) is 48.5 Å². The Bertz CT molecular complexity index is 916. The van der Waals surface area contributed by atoms with E-state index in [1.165, 1.54) is 19.6 Å². The highest BCUT2D eigenvalue weighted by molar-refractivity contribution is 5.97. The van der Waals surface area contributed by atoms with E-state index in [-0.39, 0.29) is 0 Å². The Labute approximate surface area is 188 Å². The van der Waals surface area contributed by atoms with Crippen LogP contribution in [0.1, 0.15) is 34.0 Å². The zero-order valence-corrected chi connectivity index (χ0v) is 18.5. The molecule has 0 aliphatic carbocycles. The molecule has 3 rings (SSSR count). The fourth-order valence-corrected chi connectivity index (χ4v) is 3.42. The summed E-state index contributed by atoms with van der Waals surface area (Å²) in [5.74, 6) is -1.14. The van der Waals surface area contributed by atoms with Crippen LogP contribution in [-0.2, 0) is 20.8 Å². The van der Waals surface area contributed by atoms with Crippen molar-refractivity contribution in [1.29, 1.82) is 0 Å². The molecular weight excluding hydrogens is 408 g/mol. The van der Waals surface area contributed by atoms with E-state index in [0.29, 0.717) is 5.56 Å². The molecule has 7 heteroatoms. The molecule has 0 spiro atoms. The molecule has 0 unspecified atom stereocenters. The number of amides is 1. The molecule has 0 radical (unpaired) electrons. The summed E-state index contributed by atoms with van der Waals surface area (Å²) in [5.41, 5.74) is 3.71. The fraction of sp³-hybridized carbons (Fsp3) is 0.360. The van der Waals surface area contributed by atoms with Crippen LogP contribution in [0.2, 0.25) is 0 Å². The number of benzene rings is 2. The van der Waals surface area contributed by atoms with E-state index < -0.39 is 24.0 Å². The highest BCUT2D eigenvalue weighted by Crippen LogP contribution is 2.13. The van der Waals surface area contributed by atoms with E-state index >= 15 is 0 Å². The first-order valence-corrected chi connectivity index (χ1v) is 10.7. The minimum Gasteiger partial charge on any atom is -0.467 e. The van der Waals surface area contributed by atoms with Gasteiger partial charge in [-0.15, -0.1) is 0 Å². The molecule has 2 N–H and O–H groups in total. The molecule has 1 amide bonds. The number of morpholine rings is 1. The molecular formula is C25H30N2O5. The minimum absolute atomic E-state index is 0.393. The molecule has 1 saturated heterocycles. The second-order valence-electron chi connectivity index (χ2n) is 7.80. The van der Waals surface area contributed by atoms with Crippen molar-refractivity contribution in [2.75, 3.05) is 33.4 Å². The predicted octanol–water partition coefficient (Wildman–Crippen LogP) is 2.34. The van der Waals surface area contributed by atoms with E-state index in [1.807, 2.05) is 24.3 Å². The summed E-state index contributed by atoms with van der Waals surface area (Å²) in [6.07, 6.45) is 2.94. The van der Waals surface area contributed by atoms with Crippen LogP contribution in [0.4, 0.5) is 0 Å². The van der Waals surface area contributed by atoms with Crippen LogP contribution in [0.25, 0.3) is 12.2 Å². The minimum atomic E-state index is -1.11. The fourth-order valence-electron chi connectivity index (χ4n) is 3.42. The summed E-state index contributed by atoms with van der Waals surface area (Å²) in [5, 5.41) is 12.2. The molecule has 1 aliphatic heterocycles. The van der Waals surface area contributed by atoms with Crippen LogP contribution < -0.4 is 5.32 Å². The first-order chi connectivity index (χ1) is 15.5. The van der Waals surface area contributed by atoms with Crippen LogP contribution in [0.3, 0.4) is 0 Å². The predicted molar refractivity (Wildman–Crippen MR) is 123 cm³/mol. The number of hydrogen-bond donors (Lipinski definition) is 2. The van der Waals surface area contributed by atoms with Gasteiger partial charge in [-0.05, 0) is 35.7 Å². The smallest absolute Gasteiger partial charge is 0.331 e. The number of esters is 1. The summed E-state index contributed by atoms with van der Waals surface area (Å²) >= 11 is 0. The Kier molecular flexibility index (Phi) is 8.56. The molecule has 2 atom stereocenters. The van der Waals surface area contributed by atoms with Crippen molar-refractivity contribution in [3.05, 3.63) is 70.8 Å². The van der Waals surface area contributed by atoms with Gasteiger partial charge in [0.15, 0.2) is 6.04 Å². The van der Waals surface area contributed by atoms with Gasteiger partial charge in [0.1, 0.15) is 0 Å². The Hall–Kier alpha value is -3.00. The van der Waals surface area contributed by atoms with Crippen LogP contribution >= 0.6 is 0 Å². The van der Waals surface area contributed by atoms with Gasteiger partial charge in [0, 0.05) is 25.2 Å². The highest BCUT2D eigenvalue weighted by atomic mass is 16.5. The lowest BCUT2D eigenvalue weighted by Crippen LogP contribution is -2.48. The summed E-state index contributed by atoms with van der Waals surface area (Å²) < 4.78 is 10.0. The number of nitrogens with one attached hydrogen (secondary N) is 1. The third kappa shape index (κ3) is 6.75. The molecule has 1 fully saturated rings. The molecule has 170 valence electrons. The van der Waals surface area contributed by atoms with Gasteiger partial charge in [0.2, 0.25) is 0 Å². The molecule has 0 bridgehead atoms. The largest absolute Gasteiger partial charge is 0.467 e. The molecule has 32 heavy (non-hydrogen) atoms. The second kappa shape index (κ2) is 11.6. The lowest BCUT2D eigenvalue weighted by molar-refractivity contribution is -0.145. The zero-order chi connectivity index (χ0) is 22.9. The van der Waals surface area contributed by atoms with Crippen molar-refractivity contribution in [1.82, 2.24) is 10.2 Å². The van der Waals surface area contributed by atoms with Gasteiger partial charge < -0.3 is 19.9 Å². The Morgan fingerprint density at radius 2 is 1.62 bits per heavy atom. The van der Waals surface area contributed by atoms with Gasteiger partial charge in [-0.2, -0.15) is 0 Å². The van der Waals surface area contributed by atoms with Crippen molar-refractivity contribution in [2.45, 2.75) is 25.6 Å². The number of methoxy groups -OCH3 is 1. The van der Waals surface area contributed by atoms with Crippen molar-refractivity contribution < 1.29 is 24.2 Å². The van der Waals surface area contributed by atoms with E-state index in [2.05, 4.69) is 39.2 Å². The second-order valence-corrected chi connectivity index (χ2v) is 7.80. The zero-order valence-electron chi connectivity index (χ0n) is 18.5. The average Bonchev–Trinajstić information content (AvgIpc) is 2.82. The summed E-state index contributed by atoms with van der Waals surface area (Å²) in [6.45, 7) is 5.89. The topological polar surface area (TPSA) is 88.1 Å². The lowest BCUT2D eigenvalue weighted by atomic mass is 10.1. The quantitative estimate of drug-likeness (QED) is 0.486. The highest BCUT2D eigenvalue weighted by Gasteiger charge is 2.26. The van der Waals surface area contributed by atoms with Crippen molar-refractivity contribution >= 4 is 24.0 Å². The SMILES string of the molecule is COC(=O)[C@@H](NC(=O)c1ccc(/C=C\c2ccc(CN3CCOCC3)cc2)cc1)[C@@H](C)O. The van der Waals surface area contributed by atoms with E-state index in [1.54, 1.807) is 12.1 Å². The maximum Gasteiger partial charge on any atom is 0.331 e. The van der Waals surface area contributed by atoms with Gasteiger partial charge in [-0.25, -0.2) is 4.79 Å². The average molecular weight is 439 g/mol. The Morgan fingerprint density at radius 1 is 1.06 bits per heavy atom.